The molecule has 63 valence electrons. The number of rotatable bonds is 2. The lowest BCUT2D eigenvalue weighted by Crippen LogP contribution is -2.13. The highest BCUT2D eigenvalue weighted by molar-refractivity contribution is 4.86. The Hall–Kier alpha value is -0.0800. The van der Waals surface area contributed by atoms with Crippen LogP contribution >= 0.6 is 0 Å². The standard InChI is InChI=1S/C9H15O2/c1-2-3-7-6-9-8(11-7)4-5-10-9/h7-9H,1-6H2. The summed E-state index contributed by atoms with van der Waals surface area (Å²) in [7, 11) is 0. The van der Waals surface area contributed by atoms with Crippen molar-refractivity contribution in [1.29, 1.82) is 0 Å². The molecular weight excluding hydrogens is 140 g/mol. The third kappa shape index (κ3) is 1.42. The normalized spacial score (nSPS) is 42.8. The van der Waals surface area contributed by atoms with Gasteiger partial charge in [0.1, 0.15) is 0 Å². The molecule has 0 N–H and O–H groups in total. The highest BCUT2D eigenvalue weighted by atomic mass is 16.6. The SMILES string of the molecule is [CH2]CCC1CC2OCCC2O1. The van der Waals surface area contributed by atoms with Crippen LogP contribution in [0.2, 0.25) is 0 Å². The molecule has 0 spiro atoms. The molecule has 0 saturated carbocycles. The van der Waals surface area contributed by atoms with Crippen molar-refractivity contribution in [3.63, 3.8) is 0 Å². The fraction of sp³-hybridized carbons (Fsp3) is 0.889. The molecule has 2 heterocycles. The van der Waals surface area contributed by atoms with Crippen molar-refractivity contribution in [2.75, 3.05) is 6.61 Å². The van der Waals surface area contributed by atoms with E-state index in [1.54, 1.807) is 0 Å². The van der Waals surface area contributed by atoms with Crippen molar-refractivity contribution < 1.29 is 9.47 Å². The van der Waals surface area contributed by atoms with Gasteiger partial charge in [0.05, 0.1) is 18.3 Å². The maximum atomic E-state index is 5.76. The lowest BCUT2D eigenvalue weighted by atomic mass is 10.1. The van der Waals surface area contributed by atoms with Crippen molar-refractivity contribution in [2.24, 2.45) is 0 Å². The van der Waals surface area contributed by atoms with E-state index in [4.69, 9.17) is 9.47 Å². The van der Waals surface area contributed by atoms with Crippen LogP contribution in [0.5, 0.6) is 0 Å². The topological polar surface area (TPSA) is 18.5 Å². The first-order valence-corrected chi connectivity index (χ1v) is 4.46. The fourth-order valence-electron chi connectivity index (χ4n) is 1.98. The second-order valence-electron chi connectivity index (χ2n) is 3.37. The molecular formula is C9H15O2. The van der Waals surface area contributed by atoms with Gasteiger partial charge in [0.2, 0.25) is 0 Å². The Morgan fingerprint density at radius 2 is 2.27 bits per heavy atom. The van der Waals surface area contributed by atoms with E-state index in [9.17, 15) is 0 Å². The van der Waals surface area contributed by atoms with Crippen LogP contribution in [-0.2, 0) is 9.47 Å². The molecule has 0 amide bonds. The van der Waals surface area contributed by atoms with E-state index in [1.165, 1.54) is 0 Å². The van der Waals surface area contributed by atoms with Gasteiger partial charge in [-0.1, -0.05) is 13.3 Å². The van der Waals surface area contributed by atoms with Crippen LogP contribution < -0.4 is 0 Å². The Balaban J connectivity index is 1.84. The average Bonchev–Trinajstić information content (AvgIpc) is 2.46. The van der Waals surface area contributed by atoms with Gasteiger partial charge in [0.15, 0.2) is 0 Å². The van der Waals surface area contributed by atoms with Crippen LogP contribution in [0.25, 0.3) is 0 Å². The second-order valence-corrected chi connectivity index (χ2v) is 3.37. The Kier molecular flexibility index (Phi) is 2.14. The van der Waals surface area contributed by atoms with Crippen LogP contribution in [0.1, 0.15) is 25.7 Å². The quantitative estimate of drug-likeness (QED) is 0.602. The van der Waals surface area contributed by atoms with E-state index in [-0.39, 0.29) is 0 Å². The molecule has 11 heavy (non-hydrogen) atoms. The summed E-state index contributed by atoms with van der Waals surface area (Å²) in [6.45, 7) is 4.72. The minimum absolute atomic E-state index is 0.409. The maximum Gasteiger partial charge on any atom is 0.0863 e. The molecule has 2 nitrogen and oxygen atoms in total. The van der Waals surface area contributed by atoms with Gasteiger partial charge in [0, 0.05) is 13.0 Å². The minimum atomic E-state index is 0.409. The molecule has 3 atom stereocenters. The summed E-state index contributed by atoms with van der Waals surface area (Å²) < 4.78 is 11.3. The van der Waals surface area contributed by atoms with Gasteiger partial charge in [-0.15, -0.1) is 0 Å². The van der Waals surface area contributed by atoms with Gasteiger partial charge >= 0.3 is 0 Å². The summed E-state index contributed by atoms with van der Waals surface area (Å²) in [5, 5.41) is 0. The third-order valence-electron chi connectivity index (χ3n) is 2.54. The van der Waals surface area contributed by atoms with Crippen molar-refractivity contribution in [3.8, 4) is 0 Å². The lowest BCUT2D eigenvalue weighted by molar-refractivity contribution is 0.0356. The maximum absolute atomic E-state index is 5.76. The van der Waals surface area contributed by atoms with Crippen molar-refractivity contribution in [2.45, 2.75) is 44.0 Å². The van der Waals surface area contributed by atoms with E-state index in [0.29, 0.717) is 18.3 Å². The third-order valence-corrected chi connectivity index (χ3v) is 2.54. The summed E-state index contributed by atoms with van der Waals surface area (Å²) in [5.41, 5.74) is 0. The summed E-state index contributed by atoms with van der Waals surface area (Å²) >= 11 is 0. The zero-order valence-electron chi connectivity index (χ0n) is 6.79. The monoisotopic (exact) mass is 155 g/mol. The predicted molar refractivity (Wildman–Crippen MR) is 42.2 cm³/mol. The molecule has 2 rings (SSSR count). The van der Waals surface area contributed by atoms with Gasteiger partial charge in [-0.25, -0.2) is 0 Å². The molecule has 1 radical (unpaired) electrons. The Morgan fingerprint density at radius 3 is 3.00 bits per heavy atom. The number of hydrogen-bond donors (Lipinski definition) is 0. The fourth-order valence-corrected chi connectivity index (χ4v) is 1.98. The first-order chi connectivity index (χ1) is 5.40. The van der Waals surface area contributed by atoms with Crippen LogP contribution in [0, 0.1) is 6.92 Å². The summed E-state index contributed by atoms with van der Waals surface area (Å²) in [5.74, 6) is 0. The molecule has 0 aliphatic carbocycles. The molecule has 0 aromatic carbocycles. The summed E-state index contributed by atoms with van der Waals surface area (Å²) in [4.78, 5) is 0. The Morgan fingerprint density at radius 1 is 1.36 bits per heavy atom. The molecule has 2 fully saturated rings. The molecule has 3 unspecified atom stereocenters. The first kappa shape index (κ1) is 7.56. The van der Waals surface area contributed by atoms with Crippen LogP contribution in [0.3, 0.4) is 0 Å². The largest absolute Gasteiger partial charge is 0.375 e. The smallest absolute Gasteiger partial charge is 0.0863 e. The van der Waals surface area contributed by atoms with Gasteiger partial charge in [-0.3, -0.25) is 0 Å². The van der Waals surface area contributed by atoms with Gasteiger partial charge in [0.25, 0.3) is 0 Å². The second kappa shape index (κ2) is 3.11. The Labute approximate surface area is 67.9 Å². The zero-order chi connectivity index (χ0) is 7.68. The highest BCUT2D eigenvalue weighted by Crippen LogP contribution is 2.31. The van der Waals surface area contributed by atoms with Crippen molar-refractivity contribution >= 4 is 0 Å². The highest BCUT2D eigenvalue weighted by Gasteiger charge is 2.38. The number of hydrogen-bond acceptors (Lipinski definition) is 2. The van der Waals surface area contributed by atoms with Crippen LogP contribution in [-0.4, -0.2) is 24.9 Å². The van der Waals surface area contributed by atoms with Gasteiger partial charge < -0.3 is 9.47 Å². The van der Waals surface area contributed by atoms with E-state index in [2.05, 4.69) is 6.92 Å². The van der Waals surface area contributed by atoms with Gasteiger partial charge in [-0.05, 0) is 12.8 Å². The lowest BCUT2D eigenvalue weighted by Gasteiger charge is -2.09. The van der Waals surface area contributed by atoms with E-state index < -0.39 is 0 Å². The molecule has 2 aliphatic rings. The van der Waals surface area contributed by atoms with Crippen LogP contribution in [0.4, 0.5) is 0 Å². The van der Waals surface area contributed by atoms with Gasteiger partial charge in [-0.2, -0.15) is 0 Å². The summed E-state index contributed by atoms with van der Waals surface area (Å²) in [6, 6.07) is 0. The first-order valence-electron chi connectivity index (χ1n) is 4.46. The van der Waals surface area contributed by atoms with E-state index in [1.807, 2.05) is 0 Å². The zero-order valence-corrected chi connectivity index (χ0v) is 6.79. The average molecular weight is 155 g/mol. The summed E-state index contributed by atoms with van der Waals surface area (Å²) in [6.07, 6.45) is 5.51. The molecule has 0 aromatic heterocycles. The van der Waals surface area contributed by atoms with E-state index in [0.717, 1.165) is 32.3 Å². The molecule has 0 aromatic rings. The van der Waals surface area contributed by atoms with Crippen LogP contribution in [0.15, 0.2) is 0 Å². The van der Waals surface area contributed by atoms with Crippen molar-refractivity contribution in [1.82, 2.24) is 0 Å². The molecule has 2 aliphatic heterocycles. The van der Waals surface area contributed by atoms with Crippen molar-refractivity contribution in [3.05, 3.63) is 6.92 Å². The predicted octanol–water partition coefficient (Wildman–Crippen LogP) is 1.55. The number of ether oxygens (including phenoxy) is 2. The molecule has 2 saturated heterocycles. The number of fused-ring (bicyclic) bond motifs is 1. The molecule has 2 heteroatoms. The minimum Gasteiger partial charge on any atom is -0.375 e. The van der Waals surface area contributed by atoms with E-state index >= 15 is 0 Å². The Bertz CT molecular complexity index is 124. The molecule has 0 bridgehead atoms.